The van der Waals surface area contributed by atoms with Crippen LogP contribution in [-0.2, 0) is 6.54 Å². The van der Waals surface area contributed by atoms with Gasteiger partial charge in [-0.2, -0.15) is 0 Å². The Balaban J connectivity index is 2.04. The van der Waals surface area contributed by atoms with E-state index in [0.29, 0.717) is 11.7 Å². The summed E-state index contributed by atoms with van der Waals surface area (Å²) in [6, 6.07) is 4.50. The molecule has 1 aliphatic rings. The van der Waals surface area contributed by atoms with E-state index in [9.17, 15) is 0 Å². The van der Waals surface area contributed by atoms with Crippen molar-refractivity contribution in [3.8, 4) is 0 Å². The minimum atomic E-state index is 0.0517. The Morgan fingerprint density at radius 3 is 2.95 bits per heavy atom. The summed E-state index contributed by atoms with van der Waals surface area (Å²) >= 11 is 0. The average Bonchev–Trinajstić information content (AvgIpc) is 2.39. The maximum atomic E-state index is 7.58. The number of nitrogens with two attached hydrogens (primary N) is 1. The Morgan fingerprint density at radius 2 is 2.32 bits per heavy atom. The molecule has 0 spiro atoms. The SMILES string of the molecule is CCN1CCN(Cc2cccnc2C(=N)N)CC1C. The number of hydrogen-bond acceptors (Lipinski definition) is 4. The van der Waals surface area contributed by atoms with Crippen molar-refractivity contribution in [3.05, 3.63) is 29.6 Å². The first-order valence-electron chi connectivity index (χ1n) is 6.86. The Bertz CT molecular complexity index is 445. The molecule has 0 bridgehead atoms. The van der Waals surface area contributed by atoms with Crippen LogP contribution in [0.4, 0.5) is 0 Å². The molecule has 1 aliphatic heterocycles. The summed E-state index contributed by atoms with van der Waals surface area (Å²) in [5.74, 6) is 0.0517. The number of rotatable bonds is 4. The predicted molar refractivity (Wildman–Crippen MR) is 77.2 cm³/mol. The van der Waals surface area contributed by atoms with Gasteiger partial charge in [0.25, 0.3) is 0 Å². The van der Waals surface area contributed by atoms with Crippen LogP contribution in [0, 0.1) is 5.41 Å². The van der Waals surface area contributed by atoms with Crippen LogP contribution in [0.1, 0.15) is 25.1 Å². The van der Waals surface area contributed by atoms with E-state index < -0.39 is 0 Å². The van der Waals surface area contributed by atoms with E-state index in [2.05, 4.69) is 28.6 Å². The molecule has 0 radical (unpaired) electrons. The highest BCUT2D eigenvalue weighted by molar-refractivity contribution is 5.94. The third-order valence-electron chi connectivity index (χ3n) is 3.80. The molecular formula is C14H23N5. The fraction of sp³-hybridized carbons (Fsp3) is 0.571. The predicted octanol–water partition coefficient (Wildman–Crippen LogP) is 0.892. The third-order valence-corrected chi connectivity index (χ3v) is 3.80. The molecule has 1 aromatic heterocycles. The van der Waals surface area contributed by atoms with Gasteiger partial charge in [-0.3, -0.25) is 20.2 Å². The molecule has 0 saturated carbocycles. The second-order valence-corrected chi connectivity index (χ2v) is 5.14. The van der Waals surface area contributed by atoms with Crippen LogP contribution in [0.3, 0.4) is 0 Å². The maximum Gasteiger partial charge on any atom is 0.142 e. The summed E-state index contributed by atoms with van der Waals surface area (Å²) in [7, 11) is 0. The third kappa shape index (κ3) is 3.30. The van der Waals surface area contributed by atoms with Crippen LogP contribution in [0.2, 0.25) is 0 Å². The van der Waals surface area contributed by atoms with E-state index in [1.54, 1.807) is 6.20 Å². The van der Waals surface area contributed by atoms with Crippen molar-refractivity contribution in [2.24, 2.45) is 5.73 Å². The van der Waals surface area contributed by atoms with Crippen LogP contribution in [0.15, 0.2) is 18.3 Å². The Hall–Kier alpha value is -1.46. The quantitative estimate of drug-likeness (QED) is 0.624. The lowest BCUT2D eigenvalue weighted by Crippen LogP contribution is -2.51. The molecule has 1 aromatic rings. The molecule has 1 unspecified atom stereocenters. The number of amidine groups is 1. The lowest BCUT2D eigenvalue weighted by Gasteiger charge is -2.39. The van der Waals surface area contributed by atoms with E-state index in [4.69, 9.17) is 11.1 Å². The maximum absolute atomic E-state index is 7.58. The van der Waals surface area contributed by atoms with Crippen LogP contribution in [0.5, 0.6) is 0 Å². The van der Waals surface area contributed by atoms with Crippen molar-refractivity contribution in [1.82, 2.24) is 14.8 Å². The number of hydrogen-bond donors (Lipinski definition) is 2. The van der Waals surface area contributed by atoms with E-state index in [0.717, 1.165) is 38.3 Å². The number of aromatic nitrogens is 1. The molecule has 2 rings (SSSR count). The smallest absolute Gasteiger partial charge is 0.142 e. The van der Waals surface area contributed by atoms with E-state index >= 15 is 0 Å². The monoisotopic (exact) mass is 261 g/mol. The molecule has 0 aliphatic carbocycles. The van der Waals surface area contributed by atoms with Gasteiger partial charge in [-0.05, 0) is 25.1 Å². The second kappa shape index (κ2) is 6.12. The average molecular weight is 261 g/mol. The van der Waals surface area contributed by atoms with Gasteiger partial charge in [-0.15, -0.1) is 0 Å². The van der Waals surface area contributed by atoms with Gasteiger partial charge in [-0.1, -0.05) is 13.0 Å². The number of likely N-dealkylation sites (N-methyl/N-ethyl adjacent to an activating group) is 1. The number of pyridine rings is 1. The Kier molecular flexibility index (Phi) is 4.50. The standard InChI is InChI=1S/C14H23N5/c1-3-19-8-7-18(9-11(19)2)10-12-5-4-6-17-13(12)14(15)16/h4-6,11H,3,7-10H2,1-2H3,(H3,15,16). The molecule has 1 atom stereocenters. The van der Waals surface area contributed by atoms with Crippen LogP contribution < -0.4 is 5.73 Å². The Labute approximate surface area is 114 Å². The van der Waals surface area contributed by atoms with Gasteiger partial charge in [0.1, 0.15) is 11.5 Å². The van der Waals surface area contributed by atoms with E-state index in [1.165, 1.54) is 0 Å². The fourth-order valence-corrected chi connectivity index (χ4v) is 2.73. The van der Waals surface area contributed by atoms with Crippen molar-refractivity contribution in [1.29, 1.82) is 5.41 Å². The van der Waals surface area contributed by atoms with Gasteiger partial charge in [0, 0.05) is 38.4 Å². The molecule has 0 amide bonds. The fourth-order valence-electron chi connectivity index (χ4n) is 2.73. The van der Waals surface area contributed by atoms with Crippen molar-refractivity contribution in [2.45, 2.75) is 26.4 Å². The van der Waals surface area contributed by atoms with Gasteiger partial charge in [0.15, 0.2) is 0 Å². The molecule has 5 heteroatoms. The zero-order valence-corrected chi connectivity index (χ0v) is 11.8. The zero-order chi connectivity index (χ0) is 13.8. The summed E-state index contributed by atoms with van der Waals surface area (Å²) < 4.78 is 0. The van der Waals surface area contributed by atoms with Gasteiger partial charge in [-0.25, -0.2) is 0 Å². The molecule has 1 saturated heterocycles. The highest BCUT2D eigenvalue weighted by Crippen LogP contribution is 2.14. The molecule has 104 valence electrons. The topological polar surface area (TPSA) is 69.2 Å². The van der Waals surface area contributed by atoms with Gasteiger partial charge < -0.3 is 5.73 Å². The number of nitrogens with one attached hydrogen (secondary N) is 1. The summed E-state index contributed by atoms with van der Waals surface area (Å²) in [6.45, 7) is 9.63. The first-order chi connectivity index (χ1) is 9.11. The summed E-state index contributed by atoms with van der Waals surface area (Å²) in [5, 5.41) is 7.58. The second-order valence-electron chi connectivity index (χ2n) is 5.14. The minimum absolute atomic E-state index is 0.0517. The summed E-state index contributed by atoms with van der Waals surface area (Å²) in [4.78, 5) is 9.12. The number of nitrogens with zero attached hydrogens (tertiary/aromatic N) is 3. The number of piperazine rings is 1. The van der Waals surface area contributed by atoms with Crippen molar-refractivity contribution in [2.75, 3.05) is 26.2 Å². The lowest BCUT2D eigenvalue weighted by molar-refractivity contribution is 0.0833. The van der Waals surface area contributed by atoms with Gasteiger partial charge in [0.2, 0.25) is 0 Å². The van der Waals surface area contributed by atoms with Crippen molar-refractivity contribution >= 4 is 5.84 Å². The molecule has 3 N–H and O–H groups in total. The molecule has 0 aromatic carbocycles. The molecule has 5 nitrogen and oxygen atoms in total. The summed E-state index contributed by atoms with van der Waals surface area (Å²) in [6.07, 6.45) is 1.69. The van der Waals surface area contributed by atoms with Gasteiger partial charge in [0.05, 0.1) is 0 Å². The van der Waals surface area contributed by atoms with Crippen LogP contribution >= 0.6 is 0 Å². The van der Waals surface area contributed by atoms with Crippen LogP contribution in [-0.4, -0.2) is 52.8 Å². The zero-order valence-electron chi connectivity index (χ0n) is 11.8. The minimum Gasteiger partial charge on any atom is -0.382 e. The van der Waals surface area contributed by atoms with E-state index in [-0.39, 0.29) is 5.84 Å². The highest BCUT2D eigenvalue weighted by Gasteiger charge is 2.23. The first kappa shape index (κ1) is 14.0. The molecule has 2 heterocycles. The largest absolute Gasteiger partial charge is 0.382 e. The first-order valence-corrected chi connectivity index (χ1v) is 6.86. The summed E-state index contributed by atoms with van der Waals surface area (Å²) in [5.41, 5.74) is 7.25. The molecular weight excluding hydrogens is 238 g/mol. The number of nitrogen functional groups attached to an aromatic ring is 1. The van der Waals surface area contributed by atoms with Crippen LogP contribution in [0.25, 0.3) is 0 Å². The van der Waals surface area contributed by atoms with Crippen molar-refractivity contribution < 1.29 is 0 Å². The highest BCUT2D eigenvalue weighted by atomic mass is 15.3. The van der Waals surface area contributed by atoms with Crippen molar-refractivity contribution in [3.63, 3.8) is 0 Å². The van der Waals surface area contributed by atoms with E-state index in [1.807, 2.05) is 12.1 Å². The normalized spacial score (nSPS) is 21.5. The van der Waals surface area contributed by atoms with Gasteiger partial charge >= 0.3 is 0 Å². The lowest BCUT2D eigenvalue weighted by atomic mass is 10.1. The molecule has 19 heavy (non-hydrogen) atoms. The molecule has 1 fully saturated rings. The Morgan fingerprint density at radius 1 is 1.53 bits per heavy atom.